The Morgan fingerprint density at radius 1 is 0.583 bits per heavy atom. The van der Waals surface area contributed by atoms with Gasteiger partial charge < -0.3 is 24.0 Å². The Hall–Kier alpha value is -0.400. The highest BCUT2D eigenvalue weighted by atomic mass is 127. The zero-order valence-electron chi connectivity index (χ0n) is 15.3. The molecule has 0 N–H and O–H groups in total. The maximum atomic E-state index is 2.39. The lowest BCUT2D eigenvalue weighted by Crippen LogP contribution is -3.00. The average Bonchev–Trinajstić information content (AvgIpc) is 2.62. The molecule has 0 nitrogen and oxygen atoms in total. The summed E-state index contributed by atoms with van der Waals surface area (Å²) >= 11 is 0. The maximum Gasteiger partial charge on any atom is 0.0991 e. The molecule has 0 bridgehead atoms. The van der Waals surface area contributed by atoms with Gasteiger partial charge in [0.25, 0.3) is 0 Å². The van der Waals surface area contributed by atoms with Crippen LogP contribution in [0.5, 0.6) is 0 Å². The summed E-state index contributed by atoms with van der Waals surface area (Å²) in [5.41, 5.74) is 0. The first-order valence-corrected chi connectivity index (χ1v) is 11.5. The van der Waals surface area contributed by atoms with E-state index in [2.05, 4.69) is 74.5 Å². The summed E-state index contributed by atoms with van der Waals surface area (Å²) in [6.07, 6.45) is 10.8. The van der Waals surface area contributed by atoms with Gasteiger partial charge in [0.2, 0.25) is 0 Å². The summed E-state index contributed by atoms with van der Waals surface area (Å²) in [7, 11) is -1.26. The molecule has 132 valence electrons. The maximum absolute atomic E-state index is 2.39. The molecule has 0 saturated carbocycles. The van der Waals surface area contributed by atoms with E-state index >= 15 is 0 Å². The predicted octanol–water partition coefficient (Wildman–Crippen LogP) is 3.04. The van der Waals surface area contributed by atoms with Crippen LogP contribution in [-0.4, -0.2) is 12.3 Å². The van der Waals surface area contributed by atoms with Gasteiger partial charge in [-0.05, 0) is 37.1 Å². The van der Waals surface area contributed by atoms with E-state index in [-0.39, 0.29) is 24.0 Å². The Labute approximate surface area is 166 Å². The lowest BCUT2D eigenvalue weighted by molar-refractivity contribution is -0.00000481. The van der Waals surface area contributed by atoms with Crippen LogP contribution in [0, 0.1) is 0 Å². The molecule has 0 aliphatic heterocycles. The highest BCUT2D eigenvalue weighted by Crippen LogP contribution is 2.57. The molecule has 2 heteroatoms. The van der Waals surface area contributed by atoms with Crippen molar-refractivity contribution in [3.63, 3.8) is 0 Å². The molecule has 0 aliphatic rings. The van der Waals surface area contributed by atoms with Crippen LogP contribution < -0.4 is 34.6 Å². The highest BCUT2D eigenvalue weighted by molar-refractivity contribution is 7.89. The second kappa shape index (κ2) is 12.0. The van der Waals surface area contributed by atoms with Gasteiger partial charge >= 0.3 is 0 Å². The molecule has 0 saturated heterocycles. The molecule has 0 aliphatic carbocycles. The van der Waals surface area contributed by atoms with Crippen molar-refractivity contribution in [3.8, 4) is 0 Å². The lowest BCUT2D eigenvalue weighted by atomic mass is 10.3. The van der Waals surface area contributed by atoms with Gasteiger partial charge in [0.15, 0.2) is 0 Å². The monoisotopic (exact) mass is 454 g/mol. The summed E-state index contributed by atoms with van der Waals surface area (Å²) in [6, 6.07) is 22.8. The van der Waals surface area contributed by atoms with E-state index < -0.39 is 7.26 Å². The fourth-order valence-corrected chi connectivity index (χ4v) is 8.03. The molecule has 0 spiro atoms. The second-order valence-electron chi connectivity index (χ2n) is 6.50. The predicted molar refractivity (Wildman–Crippen MR) is 108 cm³/mol. The molecule has 0 amide bonds. The van der Waals surface area contributed by atoms with Crippen molar-refractivity contribution in [2.75, 3.05) is 12.3 Å². The van der Waals surface area contributed by atoms with Crippen LogP contribution in [0.1, 0.15) is 52.4 Å². The minimum Gasteiger partial charge on any atom is -1.00 e. The number of hydrogen-bond acceptors (Lipinski definition) is 0. The van der Waals surface area contributed by atoms with Gasteiger partial charge in [0, 0.05) is 0 Å². The van der Waals surface area contributed by atoms with Crippen LogP contribution in [0.2, 0.25) is 0 Å². The van der Waals surface area contributed by atoms with Gasteiger partial charge in [0.05, 0.1) is 30.2 Å². The summed E-state index contributed by atoms with van der Waals surface area (Å²) in [5.74, 6) is 0. The molecule has 0 aromatic heterocycles. The Kier molecular flexibility index (Phi) is 10.9. The van der Waals surface area contributed by atoms with Gasteiger partial charge in [-0.15, -0.1) is 0 Å². The van der Waals surface area contributed by atoms with Crippen molar-refractivity contribution < 1.29 is 24.0 Å². The van der Waals surface area contributed by atoms with Gasteiger partial charge in [0.1, 0.15) is 0 Å². The Bertz CT molecular complexity index is 487. The molecular weight excluding hydrogens is 422 g/mol. The molecule has 2 rings (SSSR count). The Balaban J connectivity index is 0.00000288. The molecule has 2 aromatic carbocycles. The summed E-state index contributed by atoms with van der Waals surface area (Å²) in [4.78, 5) is 0. The van der Waals surface area contributed by atoms with E-state index in [9.17, 15) is 0 Å². The van der Waals surface area contributed by atoms with Gasteiger partial charge in [-0.2, -0.15) is 0 Å². The first-order valence-electron chi connectivity index (χ1n) is 9.32. The molecule has 0 unspecified atom stereocenters. The third-order valence-corrected chi connectivity index (χ3v) is 9.52. The number of unbranched alkanes of at least 4 members (excludes halogenated alkanes) is 4. The van der Waals surface area contributed by atoms with Crippen molar-refractivity contribution in [1.29, 1.82) is 0 Å². The van der Waals surface area contributed by atoms with Gasteiger partial charge in [-0.25, -0.2) is 0 Å². The van der Waals surface area contributed by atoms with E-state index in [0.29, 0.717) is 0 Å². The lowest BCUT2D eigenvalue weighted by Gasteiger charge is -2.28. The SMILES string of the molecule is CCCCC[P+](CCCCC)(c1ccccc1)c1ccccc1.[I-]. The molecule has 2 aromatic rings. The second-order valence-corrected chi connectivity index (χ2v) is 10.4. The highest BCUT2D eigenvalue weighted by Gasteiger charge is 2.41. The topological polar surface area (TPSA) is 0 Å². The van der Waals surface area contributed by atoms with E-state index in [1.807, 2.05) is 0 Å². The van der Waals surface area contributed by atoms with Crippen LogP contribution in [0.15, 0.2) is 60.7 Å². The van der Waals surface area contributed by atoms with E-state index in [4.69, 9.17) is 0 Å². The smallest absolute Gasteiger partial charge is 0.0991 e. The van der Waals surface area contributed by atoms with Gasteiger partial charge in [-0.1, -0.05) is 75.9 Å². The fourth-order valence-electron chi connectivity index (χ4n) is 3.47. The van der Waals surface area contributed by atoms with Crippen LogP contribution in [0.25, 0.3) is 0 Å². The normalized spacial score (nSPS) is 11.1. The van der Waals surface area contributed by atoms with Crippen molar-refractivity contribution in [2.24, 2.45) is 0 Å². The molecular formula is C22H32IP. The van der Waals surface area contributed by atoms with Crippen molar-refractivity contribution in [1.82, 2.24) is 0 Å². The van der Waals surface area contributed by atoms with E-state index in [1.54, 1.807) is 10.6 Å². The largest absolute Gasteiger partial charge is 1.00 e. The van der Waals surface area contributed by atoms with Crippen LogP contribution in [0.4, 0.5) is 0 Å². The van der Waals surface area contributed by atoms with Crippen LogP contribution in [0.3, 0.4) is 0 Å². The summed E-state index contributed by atoms with van der Waals surface area (Å²) in [6.45, 7) is 4.62. The molecule has 0 heterocycles. The molecule has 0 radical (unpaired) electrons. The van der Waals surface area contributed by atoms with E-state index in [0.717, 1.165) is 0 Å². The van der Waals surface area contributed by atoms with Crippen LogP contribution >= 0.6 is 7.26 Å². The van der Waals surface area contributed by atoms with Crippen molar-refractivity contribution in [2.45, 2.75) is 52.4 Å². The minimum absolute atomic E-state index is 0. The molecule has 0 fully saturated rings. The number of benzene rings is 2. The first kappa shape index (κ1) is 21.6. The third-order valence-electron chi connectivity index (χ3n) is 4.79. The van der Waals surface area contributed by atoms with Crippen molar-refractivity contribution >= 4 is 17.9 Å². The number of rotatable bonds is 10. The Morgan fingerprint density at radius 3 is 1.29 bits per heavy atom. The summed E-state index contributed by atoms with van der Waals surface area (Å²) in [5, 5.41) is 3.22. The van der Waals surface area contributed by atoms with Crippen LogP contribution in [-0.2, 0) is 0 Å². The summed E-state index contributed by atoms with van der Waals surface area (Å²) < 4.78 is 0. The first-order chi connectivity index (χ1) is 11.3. The van der Waals surface area contributed by atoms with E-state index in [1.165, 1.54) is 50.8 Å². The average molecular weight is 454 g/mol. The molecule has 0 atom stereocenters. The molecule has 24 heavy (non-hydrogen) atoms. The zero-order chi connectivity index (χ0) is 16.4. The number of hydrogen-bond donors (Lipinski definition) is 0. The van der Waals surface area contributed by atoms with Gasteiger partial charge in [-0.3, -0.25) is 0 Å². The Morgan fingerprint density at radius 2 is 0.958 bits per heavy atom. The fraction of sp³-hybridized carbons (Fsp3) is 0.455. The standard InChI is InChI=1S/C22H32P.HI/c1-3-5-13-19-23(20-14-6-4-2,21-15-9-7-10-16-21)22-17-11-8-12-18-22;/h7-12,15-18H,3-6,13-14,19-20H2,1-2H3;1H/q+1;/p-1. The number of halogens is 1. The zero-order valence-corrected chi connectivity index (χ0v) is 18.3. The minimum atomic E-state index is -1.26. The van der Waals surface area contributed by atoms with Crippen molar-refractivity contribution in [3.05, 3.63) is 60.7 Å². The quantitative estimate of drug-likeness (QED) is 0.294. The third kappa shape index (κ3) is 5.85.